The van der Waals surface area contributed by atoms with Crippen LogP contribution in [0, 0.1) is 5.41 Å². The van der Waals surface area contributed by atoms with Gasteiger partial charge in [0.25, 0.3) is 0 Å². The Kier molecular flexibility index (Phi) is 3.70. The number of anilines is 1. The van der Waals surface area contributed by atoms with E-state index in [-0.39, 0.29) is 17.2 Å². The Hall–Kier alpha value is -1.65. The van der Waals surface area contributed by atoms with Crippen LogP contribution in [0.5, 0.6) is 5.75 Å². The van der Waals surface area contributed by atoms with Gasteiger partial charge in [0, 0.05) is 11.0 Å². The first kappa shape index (κ1) is 13.4. The van der Waals surface area contributed by atoms with Crippen molar-refractivity contribution in [2.24, 2.45) is 5.41 Å². The summed E-state index contributed by atoms with van der Waals surface area (Å²) in [6, 6.07) is 4.06. The Morgan fingerprint density at radius 2 is 1.94 bits per heavy atom. The lowest BCUT2D eigenvalue weighted by molar-refractivity contribution is -0.0493. The molecule has 0 amide bonds. The van der Waals surface area contributed by atoms with Crippen molar-refractivity contribution in [2.75, 3.05) is 5.73 Å². The number of ketones is 1. The molecule has 94 valence electrons. The molecular formula is C12H15F2NO2. The fourth-order valence-electron chi connectivity index (χ4n) is 1.33. The molecule has 0 saturated heterocycles. The predicted octanol–water partition coefficient (Wildman–Crippen LogP) is 3.10. The molecule has 5 heteroatoms. The second kappa shape index (κ2) is 4.69. The lowest BCUT2D eigenvalue weighted by Crippen LogP contribution is -2.20. The molecule has 0 heterocycles. The molecule has 0 spiro atoms. The van der Waals surface area contributed by atoms with Gasteiger partial charge in [0.2, 0.25) is 0 Å². The summed E-state index contributed by atoms with van der Waals surface area (Å²) in [4.78, 5) is 11.9. The molecule has 0 aliphatic heterocycles. The number of hydrogen-bond acceptors (Lipinski definition) is 3. The zero-order valence-corrected chi connectivity index (χ0v) is 9.96. The number of halogens is 2. The van der Waals surface area contributed by atoms with Crippen molar-refractivity contribution in [3.8, 4) is 5.75 Å². The van der Waals surface area contributed by atoms with Crippen LogP contribution in [0.25, 0.3) is 0 Å². The van der Waals surface area contributed by atoms with Crippen molar-refractivity contribution in [3.05, 3.63) is 23.8 Å². The van der Waals surface area contributed by atoms with Gasteiger partial charge >= 0.3 is 6.61 Å². The molecule has 2 N–H and O–H groups in total. The predicted molar refractivity (Wildman–Crippen MR) is 61.3 cm³/mol. The number of Topliss-reactive ketones (excluding diaryl/α,β-unsaturated/α-hetero) is 1. The van der Waals surface area contributed by atoms with Crippen LogP contribution in [0.15, 0.2) is 18.2 Å². The number of carbonyl (C=O) groups excluding carboxylic acids is 1. The van der Waals surface area contributed by atoms with E-state index in [4.69, 9.17) is 5.73 Å². The van der Waals surface area contributed by atoms with E-state index in [1.54, 1.807) is 20.8 Å². The van der Waals surface area contributed by atoms with E-state index in [1.165, 1.54) is 18.2 Å². The summed E-state index contributed by atoms with van der Waals surface area (Å²) >= 11 is 0. The fourth-order valence-corrected chi connectivity index (χ4v) is 1.33. The first-order valence-corrected chi connectivity index (χ1v) is 5.11. The van der Waals surface area contributed by atoms with Crippen molar-refractivity contribution in [1.29, 1.82) is 0 Å². The largest absolute Gasteiger partial charge is 0.433 e. The van der Waals surface area contributed by atoms with Crippen molar-refractivity contribution in [2.45, 2.75) is 27.4 Å². The van der Waals surface area contributed by atoms with Gasteiger partial charge in [0.15, 0.2) is 5.78 Å². The van der Waals surface area contributed by atoms with Crippen LogP contribution in [-0.4, -0.2) is 12.4 Å². The SMILES string of the molecule is CC(C)(C)C(=O)c1ccc(OC(F)F)c(N)c1. The molecule has 1 aromatic carbocycles. The molecule has 1 rings (SSSR count). The third-order valence-electron chi connectivity index (χ3n) is 2.17. The van der Waals surface area contributed by atoms with Gasteiger partial charge in [0.05, 0.1) is 5.69 Å². The molecule has 0 atom stereocenters. The van der Waals surface area contributed by atoms with Gasteiger partial charge in [-0.05, 0) is 18.2 Å². The summed E-state index contributed by atoms with van der Waals surface area (Å²) in [5.41, 5.74) is 5.41. The van der Waals surface area contributed by atoms with Crippen LogP contribution >= 0.6 is 0 Å². The van der Waals surface area contributed by atoms with E-state index in [9.17, 15) is 13.6 Å². The van der Waals surface area contributed by atoms with Crippen molar-refractivity contribution < 1.29 is 18.3 Å². The van der Waals surface area contributed by atoms with Crippen LogP contribution in [0.2, 0.25) is 0 Å². The number of benzene rings is 1. The zero-order chi connectivity index (χ0) is 13.2. The number of alkyl halides is 2. The molecule has 3 nitrogen and oxygen atoms in total. The molecule has 0 aliphatic rings. The maximum absolute atomic E-state index is 12.0. The highest BCUT2D eigenvalue weighted by atomic mass is 19.3. The molecule has 0 radical (unpaired) electrons. The molecule has 0 aliphatic carbocycles. The first-order valence-electron chi connectivity index (χ1n) is 5.11. The number of nitrogen functional groups attached to an aromatic ring is 1. The van der Waals surface area contributed by atoms with Gasteiger partial charge in [-0.2, -0.15) is 8.78 Å². The van der Waals surface area contributed by atoms with E-state index in [0.717, 1.165) is 0 Å². The van der Waals surface area contributed by atoms with Crippen LogP contribution in [0.3, 0.4) is 0 Å². The van der Waals surface area contributed by atoms with Gasteiger partial charge < -0.3 is 10.5 Å². The van der Waals surface area contributed by atoms with E-state index in [1.807, 2.05) is 0 Å². The van der Waals surface area contributed by atoms with E-state index < -0.39 is 12.0 Å². The summed E-state index contributed by atoms with van der Waals surface area (Å²) < 4.78 is 28.2. The number of ether oxygens (including phenoxy) is 1. The first-order chi connectivity index (χ1) is 7.71. The van der Waals surface area contributed by atoms with E-state index >= 15 is 0 Å². The van der Waals surface area contributed by atoms with Crippen LogP contribution in [0.1, 0.15) is 31.1 Å². The fraction of sp³-hybridized carbons (Fsp3) is 0.417. The quantitative estimate of drug-likeness (QED) is 0.655. The Morgan fingerprint density at radius 1 is 1.35 bits per heavy atom. The summed E-state index contributed by atoms with van der Waals surface area (Å²) in [5.74, 6) is -0.224. The number of nitrogens with two attached hydrogens (primary N) is 1. The molecule has 0 fully saturated rings. The molecule has 17 heavy (non-hydrogen) atoms. The van der Waals surface area contributed by atoms with Gasteiger partial charge in [-0.3, -0.25) is 4.79 Å². The highest BCUT2D eigenvalue weighted by Gasteiger charge is 2.23. The molecule has 1 aromatic rings. The second-order valence-electron chi connectivity index (χ2n) is 4.71. The smallest absolute Gasteiger partial charge is 0.387 e. The monoisotopic (exact) mass is 243 g/mol. The second-order valence-corrected chi connectivity index (χ2v) is 4.71. The van der Waals surface area contributed by atoms with Crippen molar-refractivity contribution >= 4 is 11.5 Å². The Morgan fingerprint density at radius 3 is 2.35 bits per heavy atom. The van der Waals surface area contributed by atoms with Crippen LogP contribution in [-0.2, 0) is 0 Å². The Bertz CT molecular complexity index is 425. The minimum atomic E-state index is -2.93. The average molecular weight is 243 g/mol. The summed E-state index contributed by atoms with van der Waals surface area (Å²) in [7, 11) is 0. The van der Waals surface area contributed by atoms with Crippen molar-refractivity contribution in [3.63, 3.8) is 0 Å². The van der Waals surface area contributed by atoms with Gasteiger partial charge in [-0.15, -0.1) is 0 Å². The standard InChI is InChI=1S/C12H15F2NO2/c1-12(2,3)10(16)7-4-5-9(8(15)6-7)17-11(13)14/h4-6,11H,15H2,1-3H3. The van der Waals surface area contributed by atoms with Crippen LogP contribution < -0.4 is 10.5 Å². The topological polar surface area (TPSA) is 52.3 Å². The Labute approximate surface area is 98.6 Å². The van der Waals surface area contributed by atoms with E-state index in [0.29, 0.717) is 5.56 Å². The summed E-state index contributed by atoms with van der Waals surface area (Å²) in [6.45, 7) is 2.39. The highest BCUT2D eigenvalue weighted by molar-refractivity contribution is 6.00. The normalized spacial score (nSPS) is 11.6. The molecule has 0 aromatic heterocycles. The molecular weight excluding hydrogens is 228 g/mol. The number of carbonyl (C=O) groups is 1. The average Bonchev–Trinajstić information content (AvgIpc) is 2.18. The summed E-state index contributed by atoms with van der Waals surface area (Å²) in [5, 5.41) is 0. The van der Waals surface area contributed by atoms with Crippen LogP contribution in [0.4, 0.5) is 14.5 Å². The van der Waals surface area contributed by atoms with Gasteiger partial charge in [0.1, 0.15) is 5.75 Å². The minimum absolute atomic E-state index is 0.0281. The molecule has 0 unspecified atom stereocenters. The maximum atomic E-state index is 12.0. The Balaban J connectivity index is 3.01. The number of rotatable bonds is 3. The zero-order valence-electron chi connectivity index (χ0n) is 9.96. The summed E-state index contributed by atoms with van der Waals surface area (Å²) in [6.07, 6.45) is 0. The maximum Gasteiger partial charge on any atom is 0.387 e. The number of hydrogen-bond donors (Lipinski definition) is 1. The van der Waals surface area contributed by atoms with Crippen molar-refractivity contribution in [1.82, 2.24) is 0 Å². The lowest BCUT2D eigenvalue weighted by atomic mass is 9.86. The third-order valence-corrected chi connectivity index (χ3v) is 2.17. The van der Waals surface area contributed by atoms with Gasteiger partial charge in [-0.1, -0.05) is 20.8 Å². The molecule has 0 saturated carbocycles. The van der Waals surface area contributed by atoms with E-state index in [2.05, 4.69) is 4.74 Å². The third kappa shape index (κ3) is 3.41. The lowest BCUT2D eigenvalue weighted by Gasteiger charge is -2.17. The highest BCUT2D eigenvalue weighted by Crippen LogP contribution is 2.28. The van der Waals surface area contributed by atoms with Gasteiger partial charge in [-0.25, -0.2) is 0 Å². The minimum Gasteiger partial charge on any atom is -0.433 e. The molecule has 0 bridgehead atoms.